The Bertz CT molecular complexity index is 604. The minimum Gasteiger partial charge on any atom is -0.447 e. The van der Waals surface area contributed by atoms with Crippen molar-refractivity contribution in [3.05, 3.63) is 46.6 Å². The summed E-state index contributed by atoms with van der Waals surface area (Å²) in [6.45, 7) is 16.8. The van der Waals surface area contributed by atoms with Gasteiger partial charge in [0, 0.05) is 6.04 Å². The first kappa shape index (κ1) is 28.2. The van der Waals surface area contributed by atoms with Crippen molar-refractivity contribution in [1.29, 1.82) is 0 Å². The molecule has 1 atom stereocenters. The molecule has 0 aliphatic rings. The van der Waals surface area contributed by atoms with Crippen molar-refractivity contribution in [2.45, 2.75) is 119 Å². The molecule has 172 valence electrons. The third-order valence-corrected chi connectivity index (χ3v) is 4.93. The van der Waals surface area contributed by atoms with Crippen LogP contribution in [0.3, 0.4) is 0 Å². The normalized spacial score (nSPS) is 14.0. The molecule has 3 heteroatoms. The average Bonchev–Trinajstić information content (AvgIpc) is 2.60. The molecule has 0 spiro atoms. The van der Waals surface area contributed by atoms with Crippen molar-refractivity contribution in [3.8, 4) is 0 Å². The fraction of sp³-hybridized carbons (Fsp3) is 0.667. The number of hydrogen-bond donors (Lipinski definition) is 1. The maximum Gasteiger partial charge on any atom is 0.407 e. The van der Waals surface area contributed by atoms with E-state index in [4.69, 9.17) is 4.74 Å². The topological polar surface area (TPSA) is 38.3 Å². The molecule has 0 saturated carbocycles. The number of hydrogen-bond acceptors (Lipinski definition) is 2. The second kappa shape index (κ2) is 17.0. The van der Waals surface area contributed by atoms with Crippen molar-refractivity contribution < 1.29 is 9.53 Å². The molecule has 0 fully saturated rings. The Kier molecular flexibility index (Phi) is 16.0. The number of carbonyl (C=O) groups is 1. The largest absolute Gasteiger partial charge is 0.447 e. The Morgan fingerprint density at radius 3 is 1.60 bits per heavy atom. The van der Waals surface area contributed by atoms with Crippen LogP contribution >= 0.6 is 0 Å². The highest BCUT2D eigenvalue weighted by Gasteiger charge is 2.09. The molecule has 0 aromatic rings. The van der Waals surface area contributed by atoms with Crippen molar-refractivity contribution in [3.63, 3.8) is 0 Å². The van der Waals surface area contributed by atoms with Crippen LogP contribution in [0.1, 0.15) is 107 Å². The summed E-state index contributed by atoms with van der Waals surface area (Å²) in [5, 5.41) is 2.76. The van der Waals surface area contributed by atoms with Gasteiger partial charge in [-0.05, 0) is 107 Å². The lowest BCUT2D eigenvalue weighted by molar-refractivity contribution is 0.101. The minimum atomic E-state index is -0.322. The Morgan fingerprint density at radius 2 is 1.17 bits per heavy atom. The molecule has 30 heavy (non-hydrogen) atoms. The maximum atomic E-state index is 11.6. The Labute approximate surface area is 186 Å². The van der Waals surface area contributed by atoms with E-state index < -0.39 is 0 Å². The number of alkyl carbamates (subject to hydrolysis) is 1. The van der Waals surface area contributed by atoms with Crippen molar-refractivity contribution >= 4 is 6.09 Å². The smallest absolute Gasteiger partial charge is 0.407 e. The summed E-state index contributed by atoms with van der Waals surface area (Å²) in [5.74, 6) is 0. The second-order valence-electron chi connectivity index (χ2n) is 9.14. The number of ether oxygens (including phenoxy) is 1. The van der Waals surface area contributed by atoms with Crippen LogP contribution < -0.4 is 5.32 Å². The highest BCUT2D eigenvalue weighted by atomic mass is 16.6. The average molecular weight is 418 g/mol. The van der Waals surface area contributed by atoms with E-state index in [0.717, 1.165) is 44.9 Å². The molecular formula is C27H47NO2. The van der Waals surface area contributed by atoms with Gasteiger partial charge in [0.25, 0.3) is 0 Å². The zero-order chi connectivity index (χ0) is 22.9. The monoisotopic (exact) mass is 417 g/mol. The van der Waals surface area contributed by atoms with Crippen LogP contribution in [0.5, 0.6) is 0 Å². The van der Waals surface area contributed by atoms with E-state index in [-0.39, 0.29) is 18.2 Å². The summed E-state index contributed by atoms with van der Waals surface area (Å²) in [5.41, 5.74) is 5.80. The molecule has 0 heterocycles. The third-order valence-electron chi connectivity index (χ3n) is 4.93. The molecule has 0 aromatic heterocycles. The van der Waals surface area contributed by atoms with Gasteiger partial charge in [-0.25, -0.2) is 4.79 Å². The molecular weight excluding hydrogens is 370 g/mol. The standard InChI is InChI=1S/C27H47NO2/c1-21(2)13-9-14-23(5)15-10-16-24(6)17-11-18-25(7)19-12-20-26(8)30-27(29)28-22(3)4/h13,15,17,19,22,26H,9-12,14,16,18,20H2,1-8H3,(H,28,29)/b23-15+,24-17+,25-19+. The first-order valence-corrected chi connectivity index (χ1v) is 11.7. The maximum absolute atomic E-state index is 11.6. The Balaban J connectivity index is 4.05. The van der Waals surface area contributed by atoms with E-state index in [9.17, 15) is 4.79 Å². The molecule has 0 aliphatic heterocycles. The number of amides is 1. The summed E-state index contributed by atoms with van der Waals surface area (Å²) in [6.07, 6.45) is 17.6. The predicted octanol–water partition coefficient (Wildman–Crippen LogP) is 8.44. The van der Waals surface area contributed by atoms with Gasteiger partial charge in [0.1, 0.15) is 6.10 Å². The Hall–Kier alpha value is -1.77. The first-order valence-electron chi connectivity index (χ1n) is 11.7. The van der Waals surface area contributed by atoms with Crippen molar-refractivity contribution in [2.75, 3.05) is 0 Å². The minimum absolute atomic E-state index is 0.0616. The van der Waals surface area contributed by atoms with E-state index in [1.807, 2.05) is 20.8 Å². The van der Waals surface area contributed by atoms with Gasteiger partial charge >= 0.3 is 6.09 Å². The van der Waals surface area contributed by atoms with Gasteiger partial charge in [0.05, 0.1) is 0 Å². The van der Waals surface area contributed by atoms with Crippen LogP contribution in [0.4, 0.5) is 4.79 Å². The molecule has 0 aromatic carbocycles. The summed E-state index contributed by atoms with van der Waals surface area (Å²) in [7, 11) is 0. The van der Waals surface area contributed by atoms with Crippen LogP contribution in [0, 0.1) is 0 Å². The summed E-state index contributed by atoms with van der Waals surface area (Å²) < 4.78 is 5.35. The fourth-order valence-corrected chi connectivity index (χ4v) is 3.06. The van der Waals surface area contributed by atoms with Gasteiger partial charge in [-0.15, -0.1) is 0 Å². The van der Waals surface area contributed by atoms with Crippen molar-refractivity contribution in [1.82, 2.24) is 5.32 Å². The third kappa shape index (κ3) is 18.3. The van der Waals surface area contributed by atoms with Gasteiger partial charge in [-0.1, -0.05) is 46.6 Å². The molecule has 0 saturated heterocycles. The number of rotatable bonds is 14. The molecule has 1 amide bonds. The zero-order valence-corrected chi connectivity index (χ0v) is 20.9. The quantitative estimate of drug-likeness (QED) is 0.288. The van der Waals surface area contributed by atoms with E-state index >= 15 is 0 Å². The summed E-state index contributed by atoms with van der Waals surface area (Å²) >= 11 is 0. The van der Waals surface area contributed by atoms with Gasteiger partial charge in [-0.2, -0.15) is 0 Å². The highest BCUT2D eigenvalue weighted by molar-refractivity contribution is 5.67. The van der Waals surface area contributed by atoms with E-state index in [1.165, 1.54) is 28.7 Å². The lowest BCUT2D eigenvalue weighted by Gasteiger charge is -2.14. The number of carbonyl (C=O) groups excluding carboxylic acids is 1. The van der Waals surface area contributed by atoms with E-state index in [2.05, 4.69) is 64.2 Å². The molecule has 3 nitrogen and oxygen atoms in total. The van der Waals surface area contributed by atoms with Gasteiger partial charge in [0.2, 0.25) is 0 Å². The van der Waals surface area contributed by atoms with E-state index in [0.29, 0.717) is 0 Å². The van der Waals surface area contributed by atoms with Gasteiger partial charge in [-0.3, -0.25) is 0 Å². The Morgan fingerprint density at radius 1 is 0.733 bits per heavy atom. The molecule has 0 aliphatic carbocycles. The lowest BCUT2D eigenvalue weighted by Crippen LogP contribution is -2.32. The first-order chi connectivity index (χ1) is 14.1. The molecule has 1 N–H and O–H groups in total. The van der Waals surface area contributed by atoms with Crippen LogP contribution in [0.15, 0.2) is 46.6 Å². The van der Waals surface area contributed by atoms with Gasteiger partial charge in [0.15, 0.2) is 0 Å². The van der Waals surface area contributed by atoms with Crippen molar-refractivity contribution in [2.24, 2.45) is 0 Å². The van der Waals surface area contributed by atoms with Crippen LogP contribution in [0.25, 0.3) is 0 Å². The van der Waals surface area contributed by atoms with Crippen LogP contribution in [-0.2, 0) is 4.74 Å². The predicted molar refractivity (Wildman–Crippen MR) is 132 cm³/mol. The van der Waals surface area contributed by atoms with Gasteiger partial charge < -0.3 is 10.1 Å². The number of allylic oxidation sites excluding steroid dienone is 8. The second-order valence-corrected chi connectivity index (χ2v) is 9.14. The fourth-order valence-electron chi connectivity index (χ4n) is 3.06. The van der Waals surface area contributed by atoms with Crippen LogP contribution in [-0.4, -0.2) is 18.2 Å². The SMILES string of the molecule is CC(C)=CCC/C(C)=C/CC/C(C)=C/CC/C(C)=C/CCC(C)OC(=O)NC(C)C. The van der Waals surface area contributed by atoms with Crippen LogP contribution in [0.2, 0.25) is 0 Å². The molecule has 0 radical (unpaired) electrons. The summed E-state index contributed by atoms with van der Waals surface area (Å²) in [6, 6.07) is 0.107. The van der Waals surface area contributed by atoms with E-state index in [1.54, 1.807) is 0 Å². The summed E-state index contributed by atoms with van der Waals surface area (Å²) in [4.78, 5) is 11.6. The zero-order valence-electron chi connectivity index (χ0n) is 20.9. The molecule has 0 bridgehead atoms. The lowest BCUT2D eigenvalue weighted by atomic mass is 10.0. The number of nitrogens with one attached hydrogen (secondary N) is 1. The molecule has 1 unspecified atom stereocenters. The highest BCUT2D eigenvalue weighted by Crippen LogP contribution is 2.14. The molecule has 0 rings (SSSR count).